The lowest BCUT2D eigenvalue weighted by Gasteiger charge is -2.36. The van der Waals surface area contributed by atoms with Gasteiger partial charge in [-0.25, -0.2) is 18.7 Å². The Morgan fingerprint density at radius 2 is 0.920 bits per heavy atom. The number of nitrogens with zero attached hydrogens (tertiary/aromatic N) is 8. The molecule has 0 spiro atoms. The summed E-state index contributed by atoms with van der Waals surface area (Å²) in [7, 11) is 0. The van der Waals surface area contributed by atoms with Crippen molar-refractivity contribution in [2.24, 2.45) is 5.73 Å². The zero-order chi connectivity index (χ0) is 80.6. The van der Waals surface area contributed by atoms with Crippen molar-refractivity contribution in [3.63, 3.8) is 0 Å². The van der Waals surface area contributed by atoms with Gasteiger partial charge in [-0.3, -0.25) is 42.9 Å². The van der Waals surface area contributed by atoms with E-state index in [1.165, 1.54) is 9.13 Å². The van der Waals surface area contributed by atoms with Crippen LogP contribution in [0.1, 0.15) is 97.6 Å². The molecule has 12 rings (SSSR count). The van der Waals surface area contributed by atoms with Crippen LogP contribution in [-0.4, -0.2) is 167 Å². The Morgan fingerprint density at radius 1 is 0.522 bits per heavy atom. The van der Waals surface area contributed by atoms with Crippen molar-refractivity contribution in [2.45, 2.75) is 96.7 Å². The molecule has 2 fully saturated rings. The van der Waals surface area contributed by atoms with E-state index >= 15 is 0 Å². The van der Waals surface area contributed by atoms with Crippen molar-refractivity contribution >= 4 is 39.4 Å². The van der Waals surface area contributed by atoms with Gasteiger partial charge in [-0.2, -0.15) is 26.3 Å². The minimum Gasteiger partial charge on any atom is -0.494 e. The van der Waals surface area contributed by atoms with Gasteiger partial charge in [0.15, 0.2) is 0 Å². The minimum atomic E-state index is -4.88. The highest BCUT2D eigenvalue weighted by Gasteiger charge is 2.38. The molecule has 113 heavy (non-hydrogen) atoms. The zero-order valence-electron chi connectivity index (χ0n) is 63.6. The number of alkyl halides is 6. The van der Waals surface area contributed by atoms with Gasteiger partial charge in [0.1, 0.15) is 40.6 Å². The topological polar surface area (TPSA) is 209 Å². The molecule has 2 saturated heterocycles. The molecule has 3 atom stereocenters. The molecule has 2 amide bonds. The molecule has 0 bridgehead atoms. The van der Waals surface area contributed by atoms with E-state index in [0.717, 1.165) is 41.8 Å². The number of ether oxygens (including phenoxy) is 4. The normalized spacial score (nSPS) is 14.2. The van der Waals surface area contributed by atoms with E-state index in [0.29, 0.717) is 161 Å². The second kappa shape index (κ2) is 40.8. The van der Waals surface area contributed by atoms with Crippen LogP contribution >= 0.6 is 0 Å². The van der Waals surface area contributed by atoms with Gasteiger partial charge in [-0.1, -0.05) is 97.1 Å². The highest BCUT2D eigenvalue weighted by molar-refractivity contribution is 5.82. The van der Waals surface area contributed by atoms with Crippen molar-refractivity contribution in [3.05, 3.63) is 271 Å². The molecule has 0 saturated carbocycles. The number of hydrogen-bond acceptors (Lipinski definition) is 15. The van der Waals surface area contributed by atoms with E-state index in [9.17, 15) is 59.1 Å². The van der Waals surface area contributed by atoms with E-state index in [4.69, 9.17) is 34.6 Å². The number of amides is 2. The van der Waals surface area contributed by atoms with Crippen LogP contribution in [-0.2, 0) is 61.9 Å². The number of Topliss-reactive ketones (excluding diaryl/α,β-unsaturated/α-hetero) is 1. The summed E-state index contributed by atoms with van der Waals surface area (Å²) < 4.78 is 135. The number of nitrogens with two attached hydrogens (primary N) is 1. The van der Waals surface area contributed by atoms with E-state index in [-0.39, 0.29) is 78.8 Å². The number of benzene rings is 8. The van der Waals surface area contributed by atoms with E-state index in [1.54, 1.807) is 114 Å². The number of hydrogen-bond donors (Lipinski definition) is 2. The van der Waals surface area contributed by atoms with Crippen molar-refractivity contribution in [3.8, 4) is 22.9 Å². The summed E-state index contributed by atoms with van der Waals surface area (Å²) in [4.78, 5) is 85.5. The van der Waals surface area contributed by atoms with Crippen molar-refractivity contribution in [1.29, 1.82) is 0 Å². The lowest BCUT2D eigenvalue weighted by molar-refractivity contribution is -0.140. The molecule has 3 unspecified atom stereocenters. The molecule has 598 valence electrons. The fourth-order valence-electron chi connectivity index (χ4n) is 13.8. The molecule has 0 aliphatic carbocycles. The van der Waals surface area contributed by atoms with Crippen LogP contribution in [0.25, 0.3) is 33.2 Å². The third-order valence-corrected chi connectivity index (χ3v) is 19.3. The van der Waals surface area contributed by atoms with Gasteiger partial charge in [0.25, 0.3) is 11.1 Å². The lowest BCUT2D eigenvalue weighted by atomic mass is 10.0. The van der Waals surface area contributed by atoms with Crippen LogP contribution in [0, 0.1) is 11.6 Å². The second-order valence-electron chi connectivity index (χ2n) is 27.5. The molecule has 27 heteroatoms. The number of carbonyl (C=O) groups excluding carboxylic acids is 3. The quantitative estimate of drug-likeness (QED) is 0.0401. The maximum absolute atomic E-state index is 14.8. The smallest absolute Gasteiger partial charge is 0.419 e. The van der Waals surface area contributed by atoms with Gasteiger partial charge in [-0.15, -0.1) is 0 Å². The molecule has 0 radical (unpaired) electrons. The number of nitrogens with one attached hydrogen (secondary N) is 1. The second-order valence-corrected chi connectivity index (χ2v) is 27.5. The van der Waals surface area contributed by atoms with Gasteiger partial charge in [0.05, 0.1) is 109 Å². The molecule has 2 aliphatic rings. The van der Waals surface area contributed by atoms with E-state index in [2.05, 4.69) is 34.2 Å². The SMILES string of the molecule is CC(=O)Cc1ccccc1.CCOc1ccc(-n2c(C(CCN)N(CCN3CCOCC3)C(=O)Cc3ccc(C(F)(F)F)c(F)c3)nc3ccccc3c2=O)cc1.CCOc1ccc(-n2c(C(CCNC(C)Cc3ccccc3)N(CCN3CCOCC3)C(=O)Cc3ccc(C(F)(F)F)c(F)c3)nc3ccccc3c2=O)cc1. The zero-order valence-corrected chi connectivity index (χ0v) is 63.6. The number of morpholine rings is 2. The van der Waals surface area contributed by atoms with E-state index in [1.807, 2.05) is 62.4 Å². The van der Waals surface area contributed by atoms with Crippen LogP contribution in [0.2, 0.25) is 0 Å². The third kappa shape index (κ3) is 23.5. The monoisotopic (exact) mass is 1560 g/mol. The third-order valence-electron chi connectivity index (χ3n) is 19.3. The van der Waals surface area contributed by atoms with Crippen LogP contribution < -0.4 is 31.6 Å². The van der Waals surface area contributed by atoms with Gasteiger partial charge in [-0.05, 0) is 179 Å². The number of ketones is 1. The van der Waals surface area contributed by atoms with Crippen molar-refractivity contribution < 1.29 is 68.5 Å². The average Bonchev–Trinajstić information content (AvgIpc) is 0.762. The predicted octanol–water partition coefficient (Wildman–Crippen LogP) is 13.6. The highest BCUT2D eigenvalue weighted by Crippen LogP contribution is 2.35. The summed E-state index contributed by atoms with van der Waals surface area (Å²) in [5.41, 5.74) is 6.99. The Morgan fingerprint density at radius 3 is 1.31 bits per heavy atom. The number of aromatic nitrogens is 4. The van der Waals surface area contributed by atoms with Crippen LogP contribution in [0.15, 0.2) is 204 Å². The summed E-state index contributed by atoms with van der Waals surface area (Å²) in [5.74, 6) is -1.77. The van der Waals surface area contributed by atoms with Gasteiger partial charge in [0.2, 0.25) is 11.8 Å². The van der Waals surface area contributed by atoms with Gasteiger partial charge < -0.3 is 39.8 Å². The molecular weight excluding hydrogens is 1470 g/mol. The molecule has 19 nitrogen and oxygen atoms in total. The number of rotatable bonds is 30. The first-order valence-electron chi connectivity index (χ1n) is 37.8. The van der Waals surface area contributed by atoms with Crippen molar-refractivity contribution in [2.75, 3.05) is 105 Å². The molecular formula is C86H94F8N10O9. The molecule has 8 aromatic carbocycles. The Labute approximate surface area is 650 Å². The summed E-state index contributed by atoms with van der Waals surface area (Å²) in [5, 5.41) is 4.36. The van der Waals surface area contributed by atoms with Crippen LogP contribution in [0.4, 0.5) is 35.1 Å². The standard InChI is InChI=1S/C43H47F4N5O4.C34H37F4N5O4.C9H10O/c1-3-56-34-16-14-33(15-17-34)52-41(49-38-12-8-7-11-35(38)42(52)54)39(19-20-48-30(2)27-31-9-5-4-6-10-31)51(22-21-50-23-25-55-26-24-50)40(53)29-32-13-18-36(37(44)28-32)43(45,46)47;1-2-47-25-10-8-24(9-11-25)43-32(40-29-6-4-3-5-26(29)33(43)45)30(13-14-39)42(16-15-41-17-19-46-20-18-41)31(44)22-23-7-12-27(28(35)21-23)34(36,37)38;1-8(10)7-9-5-3-2-4-6-9/h4-18,28,30,39,48H,3,19-27,29H2,1-2H3;3-12,21,30H,2,13-20,22,39H2,1H3;2-6H,7H2,1H3. The first kappa shape index (κ1) is 84.9. The molecule has 4 heterocycles. The Hall–Kier alpha value is -10.6. The molecule has 10 aromatic rings. The molecule has 3 N–H and O–H groups in total. The number of fused-ring (bicyclic) bond motifs is 2. The highest BCUT2D eigenvalue weighted by atomic mass is 19.4. The van der Waals surface area contributed by atoms with Crippen LogP contribution in [0.3, 0.4) is 0 Å². The Balaban J connectivity index is 0.000000215. The number of carbonyl (C=O) groups is 3. The maximum Gasteiger partial charge on any atom is 0.419 e. The lowest BCUT2D eigenvalue weighted by Crippen LogP contribution is -2.46. The molecule has 2 aromatic heterocycles. The Kier molecular flexibility index (Phi) is 30.6. The summed E-state index contributed by atoms with van der Waals surface area (Å²) in [6.45, 7) is 15.0. The summed E-state index contributed by atoms with van der Waals surface area (Å²) in [6.07, 6.45) is -8.62. The largest absolute Gasteiger partial charge is 0.494 e. The first-order chi connectivity index (χ1) is 54.4. The fourth-order valence-corrected chi connectivity index (χ4v) is 13.8. The van der Waals surface area contributed by atoms with E-state index < -0.39 is 59.0 Å². The van der Waals surface area contributed by atoms with Gasteiger partial charge >= 0.3 is 12.4 Å². The van der Waals surface area contributed by atoms with Crippen LogP contribution in [0.5, 0.6) is 11.5 Å². The average molecular weight is 1560 g/mol. The van der Waals surface area contributed by atoms with Gasteiger partial charge in [0, 0.05) is 64.8 Å². The predicted molar refractivity (Wildman–Crippen MR) is 417 cm³/mol. The maximum atomic E-state index is 14.8. The number of para-hydroxylation sites is 2. The summed E-state index contributed by atoms with van der Waals surface area (Å²) >= 11 is 0. The first-order valence-corrected chi connectivity index (χ1v) is 37.8. The summed E-state index contributed by atoms with van der Waals surface area (Å²) in [6, 6.07) is 51.3. The Bertz CT molecular complexity index is 4890. The molecule has 2 aliphatic heterocycles. The van der Waals surface area contributed by atoms with Crippen molar-refractivity contribution in [1.82, 2.24) is 44.0 Å². The minimum absolute atomic E-state index is 0.0588. The number of halogens is 8. The fraction of sp³-hybridized carbons (Fsp3) is 0.360.